The summed E-state index contributed by atoms with van der Waals surface area (Å²) in [7, 11) is 0. The summed E-state index contributed by atoms with van der Waals surface area (Å²) in [6, 6.07) is 0. The van der Waals surface area contributed by atoms with E-state index in [1.165, 1.54) is 0 Å². The van der Waals surface area contributed by atoms with Crippen LogP contribution in [0.1, 0.15) is 18.6 Å². The van der Waals surface area contributed by atoms with Crippen molar-refractivity contribution in [3.63, 3.8) is 0 Å². The van der Waals surface area contributed by atoms with E-state index in [0.29, 0.717) is 4.05 Å². The van der Waals surface area contributed by atoms with E-state index < -0.39 is 0 Å². The van der Waals surface area contributed by atoms with Gasteiger partial charge in [-0.25, -0.2) is 0 Å². The maximum atomic E-state index is 4.16. The van der Waals surface area contributed by atoms with Gasteiger partial charge in [-0.2, -0.15) is 0 Å². The molecule has 0 bridgehead atoms. The van der Waals surface area contributed by atoms with Crippen LogP contribution in [0.3, 0.4) is 0 Å². The van der Waals surface area contributed by atoms with E-state index >= 15 is 0 Å². The number of hydrogen-bond acceptors (Lipinski definition) is 3. The molecule has 72 valence electrons. The first-order valence-electron chi connectivity index (χ1n) is 4.45. The Balaban J connectivity index is 2.21. The monoisotopic (exact) mass is 292 g/mol. The van der Waals surface area contributed by atoms with Crippen LogP contribution in [0.25, 0.3) is 0 Å². The van der Waals surface area contributed by atoms with Gasteiger partial charge in [0.25, 0.3) is 0 Å². The Kier molecular flexibility index (Phi) is 2.55. The number of aromatic nitrogens is 3. The minimum atomic E-state index is 0.573. The largest absolute Gasteiger partial charge is 0.313 e. The number of hydrogen-bond donors (Lipinski definition) is 0. The van der Waals surface area contributed by atoms with Gasteiger partial charge in [-0.1, -0.05) is 22.6 Å². The molecule has 0 aromatic carbocycles. The van der Waals surface area contributed by atoms with E-state index in [-0.39, 0.29) is 0 Å². The van der Waals surface area contributed by atoms with Crippen molar-refractivity contribution in [2.24, 2.45) is 0 Å². The lowest BCUT2D eigenvalue weighted by atomic mass is 10.3. The number of alkyl halides is 1. The fourth-order valence-electron chi connectivity index (χ4n) is 1.63. The molecule has 1 aliphatic rings. The van der Waals surface area contributed by atoms with Crippen LogP contribution in [0, 0.1) is 6.92 Å². The van der Waals surface area contributed by atoms with Crippen molar-refractivity contribution in [3.05, 3.63) is 11.6 Å². The molecule has 1 atom stereocenters. The van der Waals surface area contributed by atoms with Crippen LogP contribution in [0.4, 0.5) is 0 Å². The van der Waals surface area contributed by atoms with E-state index in [0.717, 1.165) is 31.3 Å². The molecule has 1 aromatic heterocycles. The highest BCUT2D eigenvalue weighted by Crippen LogP contribution is 2.16. The minimum Gasteiger partial charge on any atom is -0.313 e. The number of nitrogens with zero attached hydrogens (tertiary/aromatic N) is 4. The lowest BCUT2D eigenvalue weighted by Gasteiger charge is -2.29. The van der Waals surface area contributed by atoms with Gasteiger partial charge < -0.3 is 4.57 Å². The van der Waals surface area contributed by atoms with Gasteiger partial charge in [-0.15, -0.1) is 10.2 Å². The van der Waals surface area contributed by atoms with Gasteiger partial charge in [0.2, 0.25) is 0 Å². The van der Waals surface area contributed by atoms with Crippen LogP contribution >= 0.6 is 22.6 Å². The SMILES string of the molecule is Cc1nnc2n1CCN(C(C)I)C2. The van der Waals surface area contributed by atoms with Gasteiger partial charge in [0, 0.05) is 13.1 Å². The smallest absolute Gasteiger partial charge is 0.147 e. The second-order valence-corrected chi connectivity index (χ2v) is 5.16. The second-order valence-electron chi connectivity index (χ2n) is 3.36. The van der Waals surface area contributed by atoms with Crippen molar-refractivity contribution in [2.75, 3.05) is 6.54 Å². The number of fused-ring (bicyclic) bond motifs is 1. The molecule has 4 nitrogen and oxygen atoms in total. The molecule has 0 aliphatic carbocycles. The molecular weight excluding hydrogens is 279 g/mol. The summed E-state index contributed by atoms with van der Waals surface area (Å²) in [4.78, 5) is 2.41. The molecule has 0 N–H and O–H groups in total. The maximum Gasteiger partial charge on any atom is 0.147 e. The Labute approximate surface area is 91.5 Å². The molecule has 0 spiro atoms. The van der Waals surface area contributed by atoms with Gasteiger partial charge >= 0.3 is 0 Å². The molecule has 2 heterocycles. The van der Waals surface area contributed by atoms with Crippen LogP contribution < -0.4 is 0 Å². The van der Waals surface area contributed by atoms with Crippen molar-refractivity contribution < 1.29 is 0 Å². The second kappa shape index (κ2) is 3.53. The average molecular weight is 292 g/mol. The van der Waals surface area contributed by atoms with Gasteiger partial charge in [-0.05, 0) is 13.8 Å². The Morgan fingerprint density at radius 3 is 2.85 bits per heavy atom. The predicted molar refractivity (Wildman–Crippen MR) is 58.7 cm³/mol. The topological polar surface area (TPSA) is 34.0 Å². The summed E-state index contributed by atoms with van der Waals surface area (Å²) in [5, 5.41) is 8.23. The zero-order valence-electron chi connectivity index (χ0n) is 7.87. The van der Waals surface area contributed by atoms with E-state index in [2.05, 4.69) is 49.2 Å². The normalized spacial score (nSPS) is 19.9. The first kappa shape index (κ1) is 9.39. The van der Waals surface area contributed by atoms with Crippen LogP contribution in [-0.4, -0.2) is 30.3 Å². The number of halogens is 1. The van der Waals surface area contributed by atoms with Crippen molar-refractivity contribution in [1.82, 2.24) is 19.7 Å². The third-order valence-electron chi connectivity index (χ3n) is 2.47. The molecule has 0 amide bonds. The average Bonchev–Trinajstić information content (AvgIpc) is 2.47. The molecular formula is C8H13IN4. The van der Waals surface area contributed by atoms with Gasteiger partial charge in [0.1, 0.15) is 11.6 Å². The molecule has 5 heteroatoms. The minimum absolute atomic E-state index is 0.573. The molecule has 13 heavy (non-hydrogen) atoms. The fourth-order valence-corrected chi connectivity index (χ4v) is 2.10. The van der Waals surface area contributed by atoms with Crippen molar-refractivity contribution in [2.45, 2.75) is 31.0 Å². The summed E-state index contributed by atoms with van der Waals surface area (Å²) in [6.07, 6.45) is 0. The molecule has 1 unspecified atom stereocenters. The Bertz CT molecular complexity index is 307. The zero-order chi connectivity index (χ0) is 9.42. The number of aryl methyl sites for hydroxylation is 1. The summed E-state index contributed by atoms with van der Waals surface area (Å²) in [5.41, 5.74) is 0. The van der Waals surface area contributed by atoms with Crippen LogP contribution in [0.5, 0.6) is 0 Å². The summed E-state index contributed by atoms with van der Waals surface area (Å²) in [6.45, 7) is 7.29. The van der Waals surface area contributed by atoms with E-state index in [1.807, 2.05) is 6.92 Å². The Morgan fingerprint density at radius 1 is 1.38 bits per heavy atom. The van der Waals surface area contributed by atoms with Crippen LogP contribution in [-0.2, 0) is 13.1 Å². The molecule has 0 saturated carbocycles. The lowest BCUT2D eigenvalue weighted by molar-refractivity contribution is 0.217. The molecule has 2 rings (SSSR count). The lowest BCUT2D eigenvalue weighted by Crippen LogP contribution is -2.37. The summed E-state index contributed by atoms with van der Waals surface area (Å²) < 4.78 is 2.78. The van der Waals surface area contributed by atoms with Crippen LogP contribution in [0.2, 0.25) is 0 Å². The molecule has 0 fully saturated rings. The van der Waals surface area contributed by atoms with E-state index in [4.69, 9.17) is 0 Å². The van der Waals surface area contributed by atoms with Gasteiger partial charge in [0.15, 0.2) is 0 Å². The van der Waals surface area contributed by atoms with Crippen molar-refractivity contribution in [3.8, 4) is 0 Å². The summed E-state index contributed by atoms with van der Waals surface area (Å²) in [5.74, 6) is 2.14. The van der Waals surface area contributed by atoms with E-state index in [9.17, 15) is 0 Å². The summed E-state index contributed by atoms with van der Waals surface area (Å²) >= 11 is 2.44. The van der Waals surface area contributed by atoms with Crippen molar-refractivity contribution in [1.29, 1.82) is 0 Å². The molecule has 1 aromatic rings. The van der Waals surface area contributed by atoms with Gasteiger partial charge in [0.05, 0.1) is 10.6 Å². The zero-order valence-corrected chi connectivity index (χ0v) is 10.0. The predicted octanol–water partition coefficient (Wildman–Crippen LogP) is 1.18. The highest BCUT2D eigenvalue weighted by molar-refractivity contribution is 14.1. The standard InChI is InChI=1S/C8H13IN4/c1-6(9)12-3-4-13-7(2)10-11-8(13)5-12/h6H,3-5H2,1-2H3. The molecule has 0 radical (unpaired) electrons. The molecule has 0 saturated heterocycles. The highest BCUT2D eigenvalue weighted by Gasteiger charge is 2.21. The van der Waals surface area contributed by atoms with Gasteiger partial charge in [-0.3, -0.25) is 4.90 Å². The van der Waals surface area contributed by atoms with Crippen LogP contribution in [0.15, 0.2) is 0 Å². The van der Waals surface area contributed by atoms with Crippen molar-refractivity contribution >= 4 is 22.6 Å². The number of rotatable bonds is 1. The van der Waals surface area contributed by atoms with E-state index in [1.54, 1.807) is 0 Å². The Morgan fingerprint density at radius 2 is 2.15 bits per heavy atom. The first-order valence-corrected chi connectivity index (χ1v) is 5.70. The third-order valence-corrected chi connectivity index (χ3v) is 3.26. The quantitative estimate of drug-likeness (QED) is 0.443. The third kappa shape index (κ3) is 1.71. The molecule has 1 aliphatic heterocycles. The maximum absolute atomic E-state index is 4.16. The fraction of sp³-hybridized carbons (Fsp3) is 0.750. The Hall–Kier alpha value is -0.170. The first-order chi connectivity index (χ1) is 6.18. The highest BCUT2D eigenvalue weighted by atomic mass is 127.